The predicted octanol–water partition coefficient (Wildman–Crippen LogP) is 2.42. The first kappa shape index (κ1) is 11.3. The Kier molecular flexibility index (Phi) is 2.82. The molecule has 94 valence electrons. The summed E-state index contributed by atoms with van der Waals surface area (Å²) in [5.41, 5.74) is 8.84. The van der Waals surface area contributed by atoms with Crippen molar-refractivity contribution in [1.29, 1.82) is 0 Å². The molecular weight excluding hydrogens is 222 g/mol. The summed E-state index contributed by atoms with van der Waals surface area (Å²) in [6, 6.07) is 9.02. The monoisotopic (exact) mass is 241 g/mol. The zero-order valence-electron chi connectivity index (χ0n) is 10.5. The minimum Gasteiger partial charge on any atom is -0.370 e. The predicted molar refractivity (Wildman–Crippen MR) is 74.6 cm³/mol. The summed E-state index contributed by atoms with van der Waals surface area (Å²) >= 11 is 0. The summed E-state index contributed by atoms with van der Waals surface area (Å²) in [5, 5.41) is 0. The second kappa shape index (κ2) is 4.48. The highest BCUT2D eigenvalue weighted by atomic mass is 15.3. The van der Waals surface area contributed by atoms with Crippen LogP contribution in [0, 0.1) is 0 Å². The minimum absolute atomic E-state index is 0.291. The molecule has 3 heteroatoms. The number of aliphatic imine (C=N–C) groups is 1. The summed E-state index contributed by atoms with van der Waals surface area (Å²) in [7, 11) is 0. The van der Waals surface area contributed by atoms with E-state index in [4.69, 9.17) is 5.73 Å². The van der Waals surface area contributed by atoms with Crippen molar-refractivity contribution in [3.63, 3.8) is 0 Å². The van der Waals surface area contributed by atoms with Crippen LogP contribution in [-0.2, 0) is 0 Å². The normalized spacial score (nSPS) is 23.0. The summed E-state index contributed by atoms with van der Waals surface area (Å²) in [5.74, 6) is 1.40. The van der Waals surface area contributed by atoms with Crippen LogP contribution in [0.15, 0.2) is 41.9 Å². The van der Waals surface area contributed by atoms with Gasteiger partial charge in [-0.15, -0.1) is 6.58 Å². The minimum atomic E-state index is 0.291. The number of nitrogens with zero attached hydrogens (tertiary/aromatic N) is 2. The Labute approximate surface area is 108 Å². The van der Waals surface area contributed by atoms with E-state index in [1.165, 1.54) is 24.0 Å². The number of guanidine groups is 1. The molecule has 1 aliphatic carbocycles. The van der Waals surface area contributed by atoms with E-state index in [0.29, 0.717) is 12.0 Å². The van der Waals surface area contributed by atoms with Crippen molar-refractivity contribution in [2.75, 3.05) is 13.1 Å². The summed E-state index contributed by atoms with van der Waals surface area (Å²) in [4.78, 5) is 6.53. The van der Waals surface area contributed by atoms with Crippen LogP contribution in [0.3, 0.4) is 0 Å². The first-order valence-corrected chi connectivity index (χ1v) is 6.57. The van der Waals surface area contributed by atoms with E-state index in [9.17, 15) is 0 Å². The van der Waals surface area contributed by atoms with Crippen molar-refractivity contribution in [3.05, 3.63) is 48.0 Å². The van der Waals surface area contributed by atoms with Crippen molar-refractivity contribution in [2.24, 2.45) is 10.7 Å². The molecular formula is C15H19N3. The molecule has 3 rings (SSSR count). The van der Waals surface area contributed by atoms with Gasteiger partial charge in [0.25, 0.3) is 0 Å². The first-order chi connectivity index (χ1) is 8.81. The first-order valence-electron chi connectivity index (χ1n) is 6.57. The number of hydrogen-bond donors (Lipinski definition) is 1. The van der Waals surface area contributed by atoms with Crippen LogP contribution in [0.1, 0.15) is 35.9 Å². The highest BCUT2D eigenvalue weighted by Crippen LogP contribution is 2.44. The Morgan fingerprint density at radius 1 is 1.33 bits per heavy atom. The Balaban J connectivity index is 1.92. The molecule has 2 N–H and O–H groups in total. The number of benzene rings is 1. The fourth-order valence-electron chi connectivity index (χ4n) is 2.74. The molecule has 0 saturated heterocycles. The van der Waals surface area contributed by atoms with E-state index >= 15 is 0 Å². The average molecular weight is 241 g/mol. The number of rotatable bonds is 4. The number of nitrogens with two attached hydrogens (primary N) is 1. The van der Waals surface area contributed by atoms with Gasteiger partial charge in [-0.05, 0) is 29.9 Å². The van der Waals surface area contributed by atoms with Gasteiger partial charge in [-0.25, -0.2) is 0 Å². The van der Waals surface area contributed by atoms with Crippen LogP contribution >= 0.6 is 0 Å². The zero-order chi connectivity index (χ0) is 12.5. The quantitative estimate of drug-likeness (QED) is 0.823. The van der Waals surface area contributed by atoms with Gasteiger partial charge in [-0.1, -0.05) is 30.3 Å². The molecule has 0 amide bonds. The fourth-order valence-corrected chi connectivity index (χ4v) is 2.74. The van der Waals surface area contributed by atoms with E-state index in [2.05, 4.69) is 40.7 Å². The van der Waals surface area contributed by atoms with Crippen LogP contribution in [0.2, 0.25) is 0 Å². The second-order valence-corrected chi connectivity index (χ2v) is 5.06. The lowest BCUT2D eigenvalue weighted by Gasteiger charge is -2.27. The third kappa shape index (κ3) is 1.90. The van der Waals surface area contributed by atoms with Crippen molar-refractivity contribution < 1.29 is 0 Å². The molecule has 1 fully saturated rings. The standard InChI is InChI=1S/C15H19N3/c1-2-9-18-14(10-17-15(18)16)13-6-4-3-5-12(13)11-7-8-11/h2-6,11,14H,1,7-10H2,(H2,16,17). The van der Waals surface area contributed by atoms with Gasteiger partial charge in [0.1, 0.15) is 0 Å². The third-order valence-electron chi connectivity index (χ3n) is 3.79. The molecule has 3 nitrogen and oxygen atoms in total. The SMILES string of the molecule is C=CCN1C(N)=NCC1c1ccccc1C1CC1. The van der Waals surface area contributed by atoms with Gasteiger partial charge in [0.15, 0.2) is 5.96 Å². The fraction of sp³-hybridized carbons (Fsp3) is 0.400. The molecule has 1 aromatic carbocycles. The van der Waals surface area contributed by atoms with Crippen molar-refractivity contribution in [3.8, 4) is 0 Å². The van der Waals surface area contributed by atoms with Crippen LogP contribution in [0.5, 0.6) is 0 Å². The maximum absolute atomic E-state index is 5.96. The van der Waals surface area contributed by atoms with Crippen molar-refractivity contribution in [1.82, 2.24) is 4.90 Å². The molecule has 1 saturated carbocycles. The highest BCUT2D eigenvalue weighted by Gasteiger charge is 2.32. The van der Waals surface area contributed by atoms with Crippen molar-refractivity contribution >= 4 is 5.96 Å². The Hall–Kier alpha value is -1.77. The van der Waals surface area contributed by atoms with E-state index in [1.54, 1.807) is 0 Å². The van der Waals surface area contributed by atoms with Gasteiger partial charge in [0.05, 0.1) is 12.6 Å². The van der Waals surface area contributed by atoms with Gasteiger partial charge in [-0.2, -0.15) is 0 Å². The van der Waals surface area contributed by atoms with Crippen LogP contribution in [0.25, 0.3) is 0 Å². The molecule has 18 heavy (non-hydrogen) atoms. The van der Waals surface area contributed by atoms with Crippen molar-refractivity contribution in [2.45, 2.75) is 24.8 Å². The maximum atomic E-state index is 5.96. The van der Waals surface area contributed by atoms with Gasteiger partial charge in [0, 0.05) is 6.54 Å². The van der Waals surface area contributed by atoms with E-state index in [0.717, 1.165) is 19.0 Å². The zero-order valence-corrected chi connectivity index (χ0v) is 10.5. The lowest BCUT2D eigenvalue weighted by Crippen LogP contribution is -2.36. The topological polar surface area (TPSA) is 41.6 Å². The van der Waals surface area contributed by atoms with Crippen LogP contribution in [-0.4, -0.2) is 23.9 Å². The second-order valence-electron chi connectivity index (χ2n) is 5.06. The smallest absolute Gasteiger partial charge is 0.192 e. The Morgan fingerprint density at radius 3 is 2.72 bits per heavy atom. The third-order valence-corrected chi connectivity index (χ3v) is 3.79. The lowest BCUT2D eigenvalue weighted by molar-refractivity contribution is 0.378. The van der Waals surface area contributed by atoms with Gasteiger partial charge in [0.2, 0.25) is 0 Å². The molecule has 1 aromatic rings. The largest absolute Gasteiger partial charge is 0.370 e. The van der Waals surface area contributed by atoms with E-state index in [-0.39, 0.29) is 0 Å². The lowest BCUT2D eigenvalue weighted by atomic mass is 9.96. The molecule has 2 aliphatic rings. The van der Waals surface area contributed by atoms with Gasteiger partial charge in [-0.3, -0.25) is 4.99 Å². The molecule has 0 bridgehead atoms. The molecule has 1 aliphatic heterocycles. The number of hydrogen-bond acceptors (Lipinski definition) is 3. The Morgan fingerprint density at radius 2 is 2.06 bits per heavy atom. The average Bonchev–Trinajstić information content (AvgIpc) is 3.17. The van der Waals surface area contributed by atoms with Crippen LogP contribution < -0.4 is 5.73 Å². The molecule has 1 heterocycles. The maximum Gasteiger partial charge on any atom is 0.192 e. The van der Waals surface area contributed by atoms with Gasteiger partial charge < -0.3 is 10.6 Å². The Bertz CT molecular complexity index is 488. The summed E-state index contributed by atoms with van der Waals surface area (Å²) in [6.45, 7) is 5.33. The van der Waals surface area contributed by atoms with Crippen LogP contribution in [0.4, 0.5) is 0 Å². The van der Waals surface area contributed by atoms with Gasteiger partial charge >= 0.3 is 0 Å². The molecule has 0 aromatic heterocycles. The van der Waals surface area contributed by atoms with E-state index in [1.807, 2.05) is 6.08 Å². The molecule has 0 radical (unpaired) electrons. The molecule has 1 unspecified atom stereocenters. The summed E-state index contributed by atoms with van der Waals surface area (Å²) in [6.07, 6.45) is 4.53. The van der Waals surface area contributed by atoms with E-state index < -0.39 is 0 Å². The molecule has 1 atom stereocenters. The molecule has 0 spiro atoms. The summed E-state index contributed by atoms with van der Waals surface area (Å²) < 4.78 is 0. The highest BCUT2D eigenvalue weighted by molar-refractivity contribution is 5.80.